The Morgan fingerprint density at radius 2 is 1.86 bits per heavy atom. The highest BCUT2D eigenvalue weighted by Crippen LogP contribution is 2.20. The molecule has 0 unspecified atom stereocenters. The second kappa shape index (κ2) is 6.92. The maximum absolute atomic E-state index is 12.3. The summed E-state index contributed by atoms with van der Waals surface area (Å²) in [6.07, 6.45) is 0. The Hall–Kier alpha value is -0.880. The predicted molar refractivity (Wildman–Crippen MR) is 89.3 cm³/mol. The van der Waals surface area contributed by atoms with Gasteiger partial charge < -0.3 is 0 Å². The van der Waals surface area contributed by atoms with Crippen molar-refractivity contribution in [1.29, 1.82) is 0 Å². The molecule has 112 valence electrons. The van der Waals surface area contributed by atoms with E-state index in [0.29, 0.717) is 10.4 Å². The molecule has 0 saturated heterocycles. The predicted octanol–water partition coefficient (Wildman–Crippen LogP) is 4.27. The molecular formula is C15H15BrClNO2S. The Bertz CT molecular complexity index is 717. The third-order valence-corrected chi connectivity index (χ3v) is 5.51. The number of benzene rings is 2. The van der Waals surface area contributed by atoms with Gasteiger partial charge in [0.15, 0.2) is 0 Å². The molecule has 1 atom stereocenters. The van der Waals surface area contributed by atoms with Gasteiger partial charge in [0, 0.05) is 16.4 Å². The van der Waals surface area contributed by atoms with Crippen molar-refractivity contribution in [3.05, 3.63) is 64.7 Å². The summed E-state index contributed by atoms with van der Waals surface area (Å²) in [7, 11) is -3.55. The summed E-state index contributed by atoms with van der Waals surface area (Å²) in [6.45, 7) is 1.79. The third kappa shape index (κ3) is 4.30. The average molecular weight is 389 g/mol. The van der Waals surface area contributed by atoms with Gasteiger partial charge >= 0.3 is 0 Å². The maximum Gasteiger partial charge on any atom is 0.241 e. The molecule has 0 aliphatic rings. The fraction of sp³-hybridized carbons (Fsp3) is 0.200. The monoisotopic (exact) mass is 387 g/mol. The maximum atomic E-state index is 12.3. The van der Waals surface area contributed by atoms with Crippen LogP contribution in [0, 0.1) is 0 Å². The van der Waals surface area contributed by atoms with Crippen LogP contribution in [-0.2, 0) is 15.4 Å². The van der Waals surface area contributed by atoms with Gasteiger partial charge in [0.1, 0.15) is 0 Å². The lowest BCUT2D eigenvalue weighted by molar-refractivity contribution is 0.567. The van der Waals surface area contributed by atoms with Crippen molar-refractivity contribution in [3.8, 4) is 0 Å². The zero-order valence-electron chi connectivity index (χ0n) is 11.4. The van der Waals surface area contributed by atoms with Crippen molar-refractivity contribution in [1.82, 2.24) is 4.72 Å². The highest BCUT2D eigenvalue weighted by atomic mass is 79.9. The topological polar surface area (TPSA) is 46.2 Å². The van der Waals surface area contributed by atoms with Gasteiger partial charge in [0.05, 0.1) is 4.90 Å². The first-order chi connectivity index (χ1) is 9.92. The molecule has 0 aliphatic carbocycles. The lowest BCUT2D eigenvalue weighted by Gasteiger charge is -2.15. The van der Waals surface area contributed by atoms with E-state index in [-0.39, 0.29) is 10.9 Å². The fourth-order valence-electron chi connectivity index (χ4n) is 1.90. The van der Waals surface area contributed by atoms with Crippen LogP contribution in [0.2, 0.25) is 5.02 Å². The lowest BCUT2D eigenvalue weighted by atomic mass is 10.1. The van der Waals surface area contributed by atoms with Crippen LogP contribution in [0.1, 0.15) is 24.1 Å². The molecule has 21 heavy (non-hydrogen) atoms. The Kier molecular flexibility index (Phi) is 5.43. The Labute approximate surface area is 138 Å². The minimum atomic E-state index is -3.55. The summed E-state index contributed by atoms with van der Waals surface area (Å²) in [6, 6.07) is 13.6. The molecule has 0 aliphatic heterocycles. The van der Waals surface area contributed by atoms with E-state index in [1.807, 2.05) is 6.07 Å². The minimum Gasteiger partial charge on any atom is -0.207 e. The molecule has 0 radical (unpaired) electrons. The SMILES string of the molecule is C[C@H](NS(=O)(=O)c1ccc(CBr)cc1)c1cccc(Cl)c1. The Morgan fingerprint density at radius 1 is 1.19 bits per heavy atom. The van der Waals surface area contributed by atoms with Crippen molar-refractivity contribution in [2.45, 2.75) is 23.2 Å². The molecule has 0 heterocycles. The standard InChI is InChI=1S/C15H15BrClNO2S/c1-11(13-3-2-4-14(17)9-13)18-21(19,20)15-7-5-12(10-16)6-8-15/h2-9,11,18H,10H2,1H3/t11-/m0/s1. The highest BCUT2D eigenvalue weighted by molar-refractivity contribution is 9.08. The van der Waals surface area contributed by atoms with Crippen LogP contribution in [0.4, 0.5) is 0 Å². The Morgan fingerprint density at radius 3 is 2.43 bits per heavy atom. The first-order valence-corrected chi connectivity index (χ1v) is 9.33. The lowest BCUT2D eigenvalue weighted by Crippen LogP contribution is -2.26. The molecule has 0 aromatic heterocycles. The number of rotatable bonds is 5. The minimum absolute atomic E-state index is 0.251. The normalized spacial score (nSPS) is 13.1. The van der Waals surface area contributed by atoms with Gasteiger partial charge in [-0.1, -0.05) is 51.8 Å². The van der Waals surface area contributed by atoms with Crippen LogP contribution in [0.3, 0.4) is 0 Å². The van der Waals surface area contributed by atoms with Crippen LogP contribution in [-0.4, -0.2) is 8.42 Å². The largest absolute Gasteiger partial charge is 0.241 e. The second-order valence-electron chi connectivity index (χ2n) is 4.68. The van der Waals surface area contributed by atoms with E-state index in [0.717, 1.165) is 11.1 Å². The van der Waals surface area contributed by atoms with Gasteiger partial charge in [-0.05, 0) is 42.3 Å². The van der Waals surface area contributed by atoms with Crippen molar-refractivity contribution in [2.24, 2.45) is 0 Å². The molecule has 0 bridgehead atoms. The van der Waals surface area contributed by atoms with Gasteiger partial charge in [0.25, 0.3) is 0 Å². The van der Waals surface area contributed by atoms with E-state index in [9.17, 15) is 8.42 Å². The third-order valence-electron chi connectivity index (χ3n) is 3.07. The molecule has 6 heteroatoms. The summed E-state index contributed by atoms with van der Waals surface area (Å²) < 4.78 is 27.3. The second-order valence-corrected chi connectivity index (χ2v) is 7.39. The number of alkyl halides is 1. The number of hydrogen-bond donors (Lipinski definition) is 1. The molecule has 0 saturated carbocycles. The van der Waals surface area contributed by atoms with Gasteiger partial charge in [-0.25, -0.2) is 13.1 Å². The number of hydrogen-bond acceptors (Lipinski definition) is 2. The number of halogens is 2. The van der Waals surface area contributed by atoms with Gasteiger partial charge in [-0.3, -0.25) is 0 Å². The first kappa shape index (κ1) is 16.5. The van der Waals surface area contributed by atoms with Gasteiger partial charge in [-0.2, -0.15) is 0 Å². The van der Waals surface area contributed by atoms with E-state index in [1.54, 1.807) is 49.4 Å². The molecule has 2 aromatic carbocycles. The van der Waals surface area contributed by atoms with E-state index in [2.05, 4.69) is 20.7 Å². The first-order valence-electron chi connectivity index (χ1n) is 6.35. The van der Waals surface area contributed by atoms with Gasteiger partial charge in [-0.15, -0.1) is 0 Å². The molecule has 2 rings (SSSR count). The quantitative estimate of drug-likeness (QED) is 0.777. The zero-order valence-corrected chi connectivity index (χ0v) is 14.5. The molecular weight excluding hydrogens is 374 g/mol. The van der Waals surface area contributed by atoms with E-state index < -0.39 is 10.0 Å². The summed E-state index contributed by atoms with van der Waals surface area (Å²) in [5.74, 6) is 0. The van der Waals surface area contributed by atoms with E-state index in [1.165, 1.54) is 0 Å². The van der Waals surface area contributed by atoms with Crippen molar-refractivity contribution in [3.63, 3.8) is 0 Å². The highest BCUT2D eigenvalue weighted by Gasteiger charge is 2.18. The molecule has 1 N–H and O–H groups in total. The van der Waals surface area contributed by atoms with Crippen molar-refractivity contribution in [2.75, 3.05) is 0 Å². The van der Waals surface area contributed by atoms with Crippen LogP contribution in [0.15, 0.2) is 53.4 Å². The molecule has 0 amide bonds. The van der Waals surface area contributed by atoms with E-state index >= 15 is 0 Å². The van der Waals surface area contributed by atoms with Crippen LogP contribution in [0.25, 0.3) is 0 Å². The van der Waals surface area contributed by atoms with Crippen LogP contribution >= 0.6 is 27.5 Å². The summed E-state index contributed by atoms with van der Waals surface area (Å²) in [4.78, 5) is 0.251. The average Bonchev–Trinajstić information content (AvgIpc) is 2.47. The Balaban J connectivity index is 2.20. The van der Waals surface area contributed by atoms with Crippen molar-refractivity contribution < 1.29 is 8.42 Å². The van der Waals surface area contributed by atoms with E-state index in [4.69, 9.17) is 11.6 Å². The summed E-state index contributed by atoms with van der Waals surface area (Å²) in [5.41, 5.74) is 1.85. The molecule has 3 nitrogen and oxygen atoms in total. The molecule has 2 aromatic rings. The molecule has 0 fully saturated rings. The number of sulfonamides is 1. The van der Waals surface area contributed by atoms with Gasteiger partial charge in [0.2, 0.25) is 10.0 Å². The fourth-order valence-corrected chi connectivity index (χ4v) is 3.71. The number of nitrogens with one attached hydrogen (secondary N) is 1. The molecule has 0 spiro atoms. The van der Waals surface area contributed by atoms with Crippen LogP contribution < -0.4 is 4.72 Å². The summed E-state index contributed by atoms with van der Waals surface area (Å²) >= 11 is 9.26. The zero-order chi connectivity index (χ0) is 15.5. The smallest absolute Gasteiger partial charge is 0.207 e. The summed E-state index contributed by atoms with van der Waals surface area (Å²) in [5, 5.41) is 1.28. The van der Waals surface area contributed by atoms with Crippen molar-refractivity contribution >= 4 is 37.6 Å². The van der Waals surface area contributed by atoms with Crippen LogP contribution in [0.5, 0.6) is 0 Å².